The molecule has 72 valence electrons. The first-order valence-corrected chi connectivity index (χ1v) is 4.72. The minimum Gasteiger partial charge on any atom is -0.330 e. The van der Waals surface area contributed by atoms with Crippen LogP contribution in [0.5, 0.6) is 0 Å². The Kier molecular flexibility index (Phi) is 2.41. The highest BCUT2D eigenvalue weighted by Gasteiger charge is 1.98. The zero-order valence-corrected chi connectivity index (χ0v) is 8.20. The van der Waals surface area contributed by atoms with Crippen molar-refractivity contribution in [1.29, 1.82) is 0 Å². The van der Waals surface area contributed by atoms with E-state index in [2.05, 4.69) is 29.3 Å². The van der Waals surface area contributed by atoms with Gasteiger partial charge >= 0.3 is 0 Å². The number of benzene rings is 1. The van der Waals surface area contributed by atoms with Crippen molar-refractivity contribution in [1.82, 2.24) is 10.2 Å². The van der Waals surface area contributed by atoms with Gasteiger partial charge in [-0.1, -0.05) is 11.6 Å². The van der Waals surface area contributed by atoms with E-state index in [-0.39, 0.29) is 0 Å². The van der Waals surface area contributed by atoms with Crippen molar-refractivity contribution < 1.29 is 0 Å². The topological polar surface area (TPSA) is 51.8 Å². The summed E-state index contributed by atoms with van der Waals surface area (Å²) >= 11 is 0. The second-order valence-corrected chi connectivity index (χ2v) is 3.44. The SMILES string of the molecule is Cc1ccc2nnc(CCN)cc2c1. The van der Waals surface area contributed by atoms with Crippen LogP contribution in [0.25, 0.3) is 10.9 Å². The molecule has 3 heteroatoms. The van der Waals surface area contributed by atoms with Crippen LogP contribution in [0.4, 0.5) is 0 Å². The number of hydrogen-bond donors (Lipinski definition) is 1. The smallest absolute Gasteiger partial charge is 0.0930 e. The van der Waals surface area contributed by atoms with Crippen LogP contribution in [-0.2, 0) is 6.42 Å². The Hall–Kier alpha value is -1.48. The lowest BCUT2D eigenvalue weighted by atomic mass is 10.1. The monoisotopic (exact) mass is 187 g/mol. The lowest BCUT2D eigenvalue weighted by molar-refractivity contribution is 0.881. The Morgan fingerprint density at radius 1 is 1.21 bits per heavy atom. The van der Waals surface area contributed by atoms with Crippen molar-refractivity contribution >= 4 is 10.9 Å². The molecule has 1 aromatic carbocycles. The molecule has 2 rings (SSSR count). The van der Waals surface area contributed by atoms with E-state index in [9.17, 15) is 0 Å². The highest BCUT2D eigenvalue weighted by Crippen LogP contribution is 2.13. The van der Waals surface area contributed by atoms with Crippen LogP contribution >= 0.6 is 0 Å². The van der Waals surface area contributed by atoms with Gasteiger partial charge in [0, 0.05) is 11.8 Å². The lowest BCUT2D eigenvalue weighted by Crippen LogP contribution is -2.05. The van der Waals surface area contributed by atoms with Crippen molar-refractivity contribution in [2.45, 2.75) is 13.3 Å². The van der Waals surface area contributed by atoms with E-state index in [1.165, 1.54) is 5.56 Å². The van der Waals surface area contributed by atoms with Crippen LogP contribution in [-0.4, -0.2) is 16.7 Å². The molecular weight excluding hydrogens is 174 g/mol. The molecule has 0 radical (unpaired) electrons. The maximum atomic E-state index is 5.47. The highest BCUT2D eigenvalue weighted by atomic mass is 15.1. The van der Waals surface area contributed by atoms with E-state index < -0.39 is 0 Å². The van der Waals surface area contributed by atoms with Crippen molar-refractivity contribution in [2.24, 2.45) is 5.73 Å². The van der Waals surface area contributed by atoms with E-state index in [0.717, 1.165) is 23.0 Å². The largest absolute Gasteiger partial charge is 0.330 e. The summed E-state index contributed by atoms with van der Waals surface area (Å²) in [6, 6.07) is 8.20. The molecule has 0 saturated heterocycles. The van der Waals surface area contributed by atoms with Gasteiger partial charge in [-0.25, -0.2) is 0 Å². The van der Waals surface area contributed by atoms with Crippen LogP contribution < -0.4 is 5.73 Å². The summed E-state index contributed by atoms with van der Waals surface area (Å²) in [5.74, 6) is 0. The van der Waals surface area contributed by atoms with Crippen molar-refractivity contribution in [3.8, 4) is 0 Å². The fourth-order valence-corrected chi connectivity index (χ4v) is 1.48. The van der Waals surface area contributed by atoms with E-state index in [1.54, 1.807) is 0 Å². The molecule has 2 aromatic rings. The van der Waals surface area contributed by atoms with Crippen LogP contribution in [0.2, 0.25) is 0 Å². The molecule has 0 bridgehead atoms. The highest BCUT2D eigenvalue weighted by molar-refractivity contribution is 5.78. The molecule has 0 aliphatic heterocycles. The van der Waals surface area contributed by atoms with Gasteiger partial charge in [-0.05, 0) is 31.7 Å². The molecule has 0 aliphatic carbocycles. The summed E-state index contributed by atoms with van der Waals surface area (Å²) in [6.07, 6.45) is 0.789. The summed E-state index contributed by atoms with van der Waals surface area (Å²) < 4.78 is 0. The van der Waals surface area contributed by atoms with E-state index in [1.807, 2.05) is 12.1 Å². The van der Waals surface area contributed by atoms with Crippen molar-refractivity contribution in [2.75, 3.05) is 6.54 Å². The maximum absolute atomic E-state index is 5.47. The minimum absolute atomic E-state index is 0.617. The van der Waals surface area contributed by atoms with E-state index in [0.29, 0.717) is 6.54 Å². The van der Waals surface area contributed by atoms with Gasteiger partial charge in [0.25, 0.3) is 0 Å². The summed E-state index contributed by atoms with van der Waals surface area (Å²) in [4.78, 5) is 0. The molecule has 0 saturated carbocycles. The third-order valence-corrected chi connectivity index (χ3v) is 2.19. The molecular formula is C11H13N3. The third-order valence-electron chi connectivity index (χ3n) is 2.19. The first-order chi connectivity index (χ1) is 6.79. The first kappa shape index (κ1) is 9.09. The number of fused-ring (bicyclic) bond motifs is 1. The molecule has 0 amide bonds. The van der Waals surface area contributed by atoms with Gasteiger partial charge in [0.2, 0.25) is 0 Å². The second-order valence-electron chi connectivity index (χ2n) is 3.44. The molecule has 14 heavy (non-hydrogen) atoms. The number of aromatic nitrogens is 2. The van der Waals surface area contributed by atoms with Gasteiger partial charge in [0.05, 0.1) is 11.2 Å². The number of hydrogen-bond acceptors (Lipinski definition) is 3. The number of nitrogens with zero attached hydrogens (tertiary/aromatic N) is 2. The van der Waals surface area contributed by atoms with Gasteiger partial charge in [-0.3, -0.25) is 0 Å². The quantitative estimate of drug-likeness (QED) is 0.774. The molecule has 0 spiro atoms. The Balaban J connectivity index is 2.52. The number of aryl methyl sites for hydroxylation is 1. The van der Waals surface area contributed by atoms with Crippen LogP contribution in [0, 0.1) is 6.92 Å². The molecule has 0 aliphatic rings. The number of nitrogens with two attached hydrogens (primary N) is 1. The molecule has 3 nitrogen and oxygen atoms in total. The summed E-state index contributed by atoms with van der Waals surface area (Å²) in [5, 5.41) is 9.37. The van der Waals surface area contributed by atoms with Crippen molar-refractivity contribution in [3.63, 3.8) is 0 Å². The average Bonchev–Trinajstić information content (AvgIpc) is 2.17. The standard InChI is InChI=1S/C11H13N3/c1-8-2-3-11-9(6-8)7-10(4-5-12)13-14-11/h2-3,6-7H,4-5,12H2,1H3. The van der Waals surface area contributed by atoms with Gasteiger partial charge in [-0.2, -0.15) is 10.2 Å². The minimum atomic E-state index is 0.617. The zero-order valence-electron chi connectivity index (χ0n) is 8.20. The normalized spacial score (nSPS) is 10.7. The fourth-order valence-electron chi connectivity index (χ4n) is 1.48. The summed E-state index contributed by atoms with van der Waals surface area (Å²) in [5.41, 5.74) is 8.61. The van der Waals surface area contributed by atoms with Crippen LogP contribution in [0.15, 0.2) is 24.3 Å². The first-order valence-electron chi connectivity index (χ1n) is 4.72. The molecule has 2 N–H and O–H groups in total. The number of rotatable bonds is 2. The van der Waals surface area contributed by atoms with E-state index >= 15 is 0 Å². The predicted molar refractivity (Wildman–Crippen MR) is 57.0 cm³/mol. The second kappa shape index (κ2) is 3.72. The van der Waals surface area contributed by atoms with Gasteiger partial charge in [-0.15, -0.1) is 0 Å². The average molecular weight is 187 g/mol. The fraction of sp³-hybridized carbons (Fsp3) is 0.273. The maximum Gasteiger partial charge on any atom is 0.0930 e. The summed E-state index contributed by atoms with van der Waals surface area (Å²) in [6.45, 7) is 2.69. The molecule has 0 atom stereocenters. The molecule has 0 fully saturated rings. The zero-order chi connectivity index (χ0) is 9.97. The predicted octanol–water partition coefficient (Wildman–Crippen LogP) is 1.44. The Bertz CT molecular complexity index is 451. The molecule has 1 heterocycles. The third kappa shape index (κ3) is 1.72. The molecule has 1 aromatic heterocycles. The van der Waals surface area contributed by atoms with E-state index in [4.69, 9.17) is 5.73 Å². The van der Waals surface area contributed by atoms with Crippen LogP contribution in [0.1, 0.15) is 11.3 Å². The van der Waals surface area contributed by atoms with Crippen molar-refractivity contribution in [3.05, 3.63) is 35.5 Å². The Morgan fingerprint density at radius 2 is 2.07 bits per heavy atom. The lowest BCUT2D eigenvalue weighted by Gasteiger charge is -2.00. The Morgan fingerprint density at radius 3 is 2.86 bits per heavy atom. The van der Waals surface area contributed by atoms with Gasteiger partial charge in [0.15, 0.2) is 0 Å². The van der Waals surface area contributed by atoms with Crippen LogP contribution in [0.3, 0.4) is 0 Å². The van der Waals surface area contributed by atoms with Gasteiger partial charge in [0.1, 0.15) is 0 Å². The molecule has 0 unspecified atom stereocenters. The van der Waals surface area contributed by atoms with Gasteiger partial charge < -0.3 is 5.73 Å². The summed E-state index contributed by atoms with van der Waals surface area (Å²) in [7, 11) is 0. The Labute approximate surface area is 83.0 Å².